The fraction of sp³-hybridized carbons (Fsp3) is 0.500. The van der Waals surface area contributed by atoms with E-state index in [1.807, 2.05) is 19.0 Å². The van der Waals surface area contributed by atoms with Gasteiger partial charge in [-0.1, -0.05) is 12.1 Å². The summed E-state index contributed by atoms with van der Waals surface area (Å²) in [6, 6.07) is 5.58. The van der Waals surface area contributed by atoms with Gasteiger partial charge < -0.3 is 15.1 Å². The average Bonchev–Trinajstić information content (AvgIpc) is 2.82. The van der Waals surface area contributed by atoms with Crippen LogP contribution in [0.4, 0.5) is 4.39 Å². The molecule has 0 saturated carbocycles. The van der Waals surface area contributed by atoms with Gasteiger partial charge in [-0.25, -0.2) is 4.39 Å². The van der Waals surface area contributed by atoms with Crippen molar-refractivity contribution in [3.63, 3.8) is 0 Å². The number of hydrogen-bond donors (Lipinski definition) is 1. The molecular formula is C16H22FN3O2. The van der Waals surface area contributed by atoms with Crippen molar-refractivity contribution in [3.8, 4) is 0 Å². The number of nitrogens with one attached hydrogen (secondary N) is 1. The first-order valence-electron chi connectivity index (χ1n) is 7.43. The van der Waals surface area contributed by atoms with Crippen LogP contribution in [0.2, 0.25) is 0 Å². The minimum Gasteiger partial charge on any atom is -0.353 e. The van der Waals surface area contributed by atoms with E-state index in [1.165, 1.54) is 12.1 Å². The Morgan fingerprint density at radius 3 is 2.68 bits per heavy atom. The normalized spacial score (nSPS) is 18.1. The first-order chi connectivity index (χ1) is 10.5. The van der Waals surface area contributed by atoms with E-state index in [0.717, 1.165) is 12.1 Å². The Bertz CT molecular complexity index is 531. The Morgan fingerprint density at radius 2 is 2.05 bits per heavy atom. The Labute approximate surface area is 130 Å². The molecular weight excluding hydrogens is 285 g/mol. The molecule has 0 aliphatic carbocycles. The quantitative estimate of drug-likeness (QED) is 0.853. The van der Waals surface area contributed by atoms with Crippen LogP contribution in [0, 0.1) is 5.82 Å². The zero-order valence-electron chi connectivity index (χ0n) is 13.0. The molecule has 1 aliphatic heterocycles. The van der Waals surface area contributed by atoms with E-state index in [4.69, 9.17) is 0 Å². The van der Waals surface area contributed by atoms with Gasteiger partial charge in [0.25, 0.3) is 0 Å². The van der Waals surface area contributed by atoms with E-state index in [1.54, 1.807) is 17.0 Å². The molecule has 2 amide bonds. The summed E-state index contributed by atoms with van der Waals surface area (Å²) in [5, 5.41) is 2.87. The van der Waals surface area contributed by atoms with Gasteiger partial charge in [0, 0.05) is 26.1 Å². The van der Waals surface area contributed by atoms with Crippen LogP contribution in [0.1, 0.15) is 18.4 Å². The van der Waals surface area contributed by atoms with Crippen molar-refractivity contribution in [1.82, 2.24) is 15.1 Å². The van der Waals surface area contributed by atoms with Gasteiger partial charge in [-0.2, -0.15) is 0 Å². The van der Waals surface area contributed by atoms with Crippen LogP contribution in [-0.4, -0.2) is 54.8 Å². The van der Waals surface area contributed by atoms with Crippen molar-refractivity contribution >= 4 is 11.8 Å². The molecule has 0 bridgehead atoms. The number of amides is 2. The Balaban J connectivity index is 1.96. The summed E-state index contributed by atoms with van der Waals surface area (Å²) in [5.41, 5.74) is 0.822. The van der Waals surface area contributed by atoms with Crippen LogP contribution in [0.5, 0.6) is 0 Å². The number of likely N-dealkylation sites (N-methyl/N-ethyl adjacent to an activating group) is 1. The molecule has 1 aliphatic rings. The molecule has 0 aromatic heterocycles. The number of carbonyl (C=O) groups excluding carboxylic acids is 2. The lowest BCUT2D eigenvalue weighted by atomic mass is 10.1. The zero-order valence-corrected chi connectivity index (χ0v) is 13.0. The third-order valence-electron chi connectivity index (χ3n) is 3.76. The molecule has 1 atom stereocenters. The monoisotopic (exact) mass is 307 g/mol. The van der Waals surface area contributed by atoms with Gasteiger partial charge in [-0.15, -0.1) is 0 Å². The lowest BCUT2D eigenvalue weighted by Gasteiger charge is -2.24. The van der Waals surface area contributed by atoms with Gasteiger partial charge in [0.05, 0.1) is 0 Å². The minimum absolute atomic E-state index is 0.0305. The molecule has 1 aromatic rings. The second-order valence-corrected chi connectivity index (χ2v) is 5.80. The zero-order chi connectivity index (χ0) is 16.1. The fourth-order valence-corrected chi connectivity index (χ4v) is 2.51. The topological polar surface area (TPSA) is 52.7 Å². The van der Waals surface area contributed by atoms with Crippen LogP contribution in [0.25, 0.3) is 0 Å². The maximum absolute atomic E-state index is 12.9. The molecule has 1 aromatic carbocycles. The molecule has 2 rings (SSSR count). The fourth-order valence-electron chi connectivity index (χ4n) is 2.51. The molecule has 22 heavy (non-hydrogen) atoms. The van der Waals surface area contributed by atoms with Crippen molar-refractivity contribution in [2.45, 2.75) is 25.4 Å². The molecule has 5 nitrogen and oxygen atoms in total. The van der Waals surface area contributed by atoms with Gasteiger partial charge in [0.15, 0.2) is 0 Å². The first-order valence-corrected chi connectivity index (χ1v) is 7.43. The first kappa shape index (κ1) is 16.4. The van der Waals surface area contributed by atoms with Crippen molar-refractivity contribution < 1.29 is 14.0 Å². The highest BCUT2D eigenvalue weighted by Gasteiger charge is 2.35. The number of benzene rings is 1. The Morgan fingerprint density at radius 1 is 1.36 bits per heavy atom. The maximum Gasteiger partial charge on any atom is 0.242 e. The summed E-state index contributed by atoms with van der Waals surface area (Å²) in [4.78, 5) is 27.8. The lowest BCUT2D eigenvalue weighted by Crippen LogP contribution is -2.45. The number of nitrogens with zero attached hydrogens (tertiary/aromatic N) is 2. The molecule has 1 heterocycles. The van der Waals surface area contributed by atoms with E-state index in [0.29, 0.717) is 25.9 Å². The van der Waals surface area contributed by atoms with E-state index in [-0.39, 0.29) is 17.6 Å². The second-order valence-electron chi connectivity index (χ2n) is 5.80. The molecule has 1 N–H and O–H groups in total. The van der Waals surface area contributed by atoms with E-state index >= 15 is 0 Å². The summed E-state index contributed by atoms with van der Waals surface area (Å²) in [6.07, 6.45) is 0.917. The van der Waals surface area contributed by atoms with Crippen molar-refractivity contribution in [1.29, 1.82) is 0 Å². The lowest BCUT2D eigenvalue weighted by molar-refractivity contribution is -0.135. The molecule has 0 spiro atoms. The predicted octanol–water partition coefficient (Wildman–Crippen LogP) is 0.994. The summed E-state index contributed by atoms with van der Waals surface area (Å²) in [7, 11) is 3.87. The molecule has 6 heteroatoms. The minimum atomic E-state index is -0.431. The molecule has 1 fully saturated rings. The Hall–Kier alpha value is -1.95. The van der Waals surface area contributed by atoms with Gasteiger partial charge in [-0.05, 0) is 38.2 Å². The predicted molar refractivity (Wildman–Crippen MR) is 81.5 cm³/mol. The number of likely N-dealkylation sites (tertiary alicyclic amines) is 1. The second kappa shape index (κ2) is 7.35. The third kappa shape index (κ3) is 4.27. The largest absolute Gasteiger partial charge is 0.353 e. The van der Waals surface area contributed by atoms with Gasteiger partial charge in [-0.3, -0.25) is 9.59 Å². The maximum atomic E-state index is 12.9. The molecule has 1 saturated heterocycles. The highest BCUT2D eigenvalue weighted by molar-refractivity contribution is 5.90. The smallest absolute Gasteiger partial charge is 0.242 e. The highest BCUT2D eigenvalue weighted by atomic mass is 19.1. The van der Waals surface area contributed by atoms with E-state index < -0.39 is 6.04 Å². The van der Waals surface area contributed by atoms with Crippen molar-refractivity contribution in [3.05, 3.63) is 35.6 Å². The molecule has 0 radical (unpaired) electrons. The molecule has 0 unspecified atom stereocenters. The number of hydrogen-bond acceptors (Lipinski definition) is 3. The van der Waals surface area contributed by atoms with Crippen LogP contribution >= 0.6 is 0 Å². The number of rotatable bonds is 6. The van der Waals surface area contributed by atoms with Crippen LogP contribution < -0.4 is 5.32 Å². The summed E-state index contributed by atoms with van der Waals surface area (Å²) < 4.78 is 12.9. The summed E-state index contributed by atoms with van der Waals surface area (Å²) >= 11 is 0. The average molecular weight is 307 g/mol. The van der Waals surface area contributed by atoms with Gasteiger partial charge >= 0.3 is 0 Å². The number of carbonyl (C=O) groups is 2. The Kier molecular flexibility index (Phi) is 5.49. The van der Waals surface area contributed by atoms with Gasteiger partial charge in [0.2, 0.25) is 11.8 Å². The summed E-state index contributed by atoms with van der Waals surface area (Å²) in [6.45, 7) is 1.65. The van der Waals surface area contributed by atoms with Crippen molar-refractivity contribution in [2.24, 2.45) is 0 Å². The SMILES string of the molecule is CN(C)CCNC(=O)[C@@H]1CCC(=O)N1Cc1ccc(F)cc1. The van der Waals surface area contributed by atoms with Crippen LogP contribution in [-0.2, 0) is 16.1 Å². The standard InChI is InChI=1S/C16H22FN3O2/c1-19(2)10-9-18-16(22)14-7-8-15(21)20(14)11-12-3-5-13(17)6-4-12/h3-6,14H,7-11H2,1-2H3,(H,18,22)/t14-/m0/s1. The van der Waals surface area contributed by atoms with Crippen LogP contribution in [0.3, 0.4) is 0 Å². The summed E-state index contributed by atoms with van der Waals surface area (Å²) in [5.74, 6) is -0.457. The van der Waals surface area contributed by atoms with Crippen LogP contribution in [0.15, 0.2) is 24.3 Å². The third-order valence-corrected chi connectivity index (χ3v) is 3.76. The molecule has 120 valence electrons. The van der Waals surface area contributed by atoms with E-state index in [9.17, 15) is 14.0 Å². The number of halogens is 1. The van der Waals surface area contributed by atoms with Gasteiger partial charge in [0.1, 0.15) is 11.9 Å². The highest BCUT2D eigenvalue weighted by Crippen LogP contribution is 2.21. The van der Waals surface area contributed by atoms with Crippen molar-refractivity contribution in [2.75, 3.05) is 27.2 Å². The van der Waals surface area contributed by atoms with E-state index in [2.05, 4.69) is 5.32 Å².